The van der Waals surface area contributed by atoms with E-state index in [2.05, 4.69) is 57.8 Å². The summed E-state index contributed by atoms with van der Waals surface area (Å²) in [4.78, 5) is 27.7. The van der Waals surface area contributed by atoms with Crippen LogP contribution in [0.4, 0.5) is 0 Å². The molecule has 0 amide bonds. The highest BCUT2D eigenvalue weighted by Crippen LogP contribution is 2.52. The van der Waals surface area contributed by atoms with Crippen molar-refractivity contribution in [3.05, 3.63) is 36.1 Å². The van der Waals surface area contributed by atoms with E-state index in [1.807, 2.05) is 6.08 Å². The van der Waals surface area contributed by atoms with E-state index in [0.717, 1.165) is 12.8 Å². The summed E-state index contributed by atoms with van der Waals surface area (Å²) < 4.78 is 18.2. The van der Waals surface area contributed by atoms with Gasteiger partial charge in [0, 0.05) is 12.5 Å². The van der Waals surface area contributed by atoms with Crippen molar-refractivity contribution in [3.8, 4) is 5.88 Å². The highest BCUT2D eigenvalue weighted by molar-refractivity contribution is 6.74. The Labute approximate surface area is 191 Å². The fourth-order valence-corrected chi connectivity index (χ4v) is 5.56. The molecule has 1 N–H and O–H groups in total. The molecular formula is C24H36N2O5Si. The third-order valence-corrected chi connectivity index (χ3v) is 11.4. The van der Waals surface area contributed by atoms with E-state index in [0.29, 0.717) is 25.3 Å². The second-order valence-electron chi connectivity index (χ2n) is 10.1. The predicted molar refractivity (Wildman–Crippen MR) is 125 cm³/mol. The van der Waals surface area contributed by atoms with Gasteiger partial charge >= 0.3 is 0 Å². The number of hydrogen-bond acceptors (Lipinski definition) is 7. The molecule has 1 aromatic rings. The summed E-state index contributed by atoms with van der Waals surface area (Å²) in [6.07, 6.45) is 7.32. The minimum Gasteiger partial charge on any atom is -0.475 e. The molecule has 32 heavy (non-hydrogen) atoms. The van der Waals surface area contributed by atoms with Crippen LogP contribution in [-0.2, 0) is 9.22 Å². The number of Topliss-reactive ketones (excluding diaryl/α,β-unsaturated/α-hetero) is 1. The Kier molecular flexibility index (Phi) is 6.98. The fourth-order valence-electron chi connectivity index (χ4n) is 4.11. The van der Waals surface area contributed by atoms with Gasteiger partial charge in [0.15, 0.2) is 25.5 Å². The Morgan fingerprint density at radius 2 is 2.09 bits per heavy atom. The number of rotatable bonds is 9. The zero-order valence-electron chi connectivity index (χ0n) is 20.1. The van der Waals surface area contributed by atoms with Gasteiger partial charge in [-0.1, -0.05) is 46.3 Å². The summed E-state index contributed by atoms with van der Waals surface area (Å²) in [5, 5.41) is 7.28. The van der Waals surface area contributed by atoms with E-state index in [9.17, 15) is 9.59 Å². The Morgan fingerprint density at radius 1 is 1.38 bits per heavy atom. The smallest absolute Gasteiger partial charge is 0.265 e. The fraction of sp³-hybridized carbons (Fsp3) is 0.625. The van der Waals surface area contributed by atoms with Gasteiger partial charge in [-0.2, -0.15) is 0 Å². The third-order valence-electron chi connectivity index (χ3n) is 6.92. The maximum Gasteiger partial charge on any atom is 0.265 e. The second-order valence-corrected chi connectivity index (χ2v) is 14.9. The number of aromatic nitrogens is 1. The van der Waals surface area contributed by atoms with Crippen LogP contribution in [0.25, 0.3) is 0 Å². The number of unbranched alkanes of at least 4 members (excludes halogenated alkanes) is 1. The normalized spacial score (nSPS) is 25.4. The van der Waals surface area contributed by atoms with Crippen LogP contribution in [0.1, 0.15) is 69.1 Å². The molecule has 0 aromatic carbocycles. The van der Waals surface area contributed by atoms with Crippen molar-refractivity contribution in [2.75, 3.05) is 13.2 Å². The van der Waals surface area contributed by atoms with Crippen LogP contribution in [0.2, 0.25) is 18.1 Å². The second kappa shape index (κ2) is 9.07. The van der Waals surface area contributed by atoms with Crippen molar-refractivity contribution >= 4 is 19.9 Å². The van der Waals surface area contributed by atoms with Crippen molar-refractivity contribution in [2.45, 2.75) is 76.7 Å². The van der Waals surface area contributed by atoms with Crippen LogP contribution >= 0.6 is 0 Å². The SMILES string of the molecule is C=CCN[C@@H]1c2onc(OCCCC)c2C(=O)[C@@]2(O[Si](C)(C)C(C)(C)C)C(=O)C=CCC12. The van der Waals surface area contributed by atoms with Crippen LogP contribution in [-0.4, -0.2) is 43.8 Å². The van der Waals surface area contributed by atoms with Crippen LogP contribution in [0.3, 0.4) is 0 Å². The van der Waals surface area contributed by atoms with Gasteiger partial charge in [-0.15, -0.1) is 6.58 Å². The molecule has 7 nitrogen and oxygen atoms in total. The van der Waals surface area contributed by atoms with Crippen LogP contribution in [0.15, 0.2) is 29.3 Å². The van der Waals surface area contributed by atoms with E-state index < -0.39 is 31.7 Å². The molecule has 8 heteroatoms. The number of fused-ring (bicyclic) bond motifs is 2. The zero-order valence-corrected chi connectivity index (χ0v) is 21.1. The van der Waals surface area contributed by atoms with Crippen LogP contribution < -0.4 is 10.1 Å². The van der Waals surface area contributed by atoms with Crippen molar-refractivity contribution in [1.82, 2.24) is 10.5 Å². The first kappa shape index (κ1) is 24.6. The van der Waals surface area contributed by atoms with E-state index >= 15 is 0 Å². The summed E-state index contributed by atoms with van der Waals surface area (Å²) in [7, 11) is -2.52. The number of nitrogens with one attached hydrogen (secondary N) is 1. The highest BCUT2D eigenvalue weighted by atomic mass is 28.4. The standard InChI is InChI=1S/C24H36N2O5Si/c1-8-10-15-29-22-18-20(30-26-22)19(25-14-9-2)16-12-11-13-17(27)24(16,21(18)28)31-32(6,7)23(3,4)5/h9,11,13,16,19,25H,2,8,10,12,14-15H2,1,3-7H3/t16?,19-,24-/m0/s1. The maximum absolute atomic E-state index is 14.1. The van der Waals surface area contributed by atoms with Crippen LogP contribution in [0, 0.1) is 5.92 Å². The molecule has 0 fully saturated rings. The van der Waals surface area contributed by atoms with Gasteiger partial charge < -0.3 is 19.0 Å². The van der Waals surface area contributed by atoms with Crippen molar-refractivity contribution in [1.29, 1.82) is 0 Å². The third kappa shape index (κ3) is 4.04. The number of nitrogens with zero attached hydrogens (tertiary/aromatic N) is 1. The molecule has 1 aromatic heterocycles. The quantitative estimate of drug-likeness (QED) is 0.246. The van der Waals surface area contributed by atoms with E-state index in [-0.39, 0.29) is 22.3 Å². The number of ether oxygens (including phenoxy) is 1. The minimum atomic E-state index is -2.52. The highest BCUT2D eigenvalue weighted by Gasteiger charge is 2.64. The molecule has 2 aliphatic carbocycles. The zero-order chi connectivity index (χ0) is 23.7. The van der Waals surface area contributed by atoms with E-state index in [1.165, 1.54) is 6.08 Å². The molecule has 0 aliphatic heterocycles. The molecule has 0 radical (unpaired) electrons. The monoisotopic (exact) mass is 460 g/mol. The van der Waals surface area contributed by atoms with Gasteiger partial charge in [-0.05, 0) is 42.2 Å². The molecule has 2 aliphatic rings. The van der Waals surface area contributed by atoms with E-state index in [4.69, 9.17) is 13.7 Å². The summed E-state index contributed by atoms with van der Waals surface area (Å²) >= 11 is 0. The number of ketones is 2. The average Bonchev–Trinajstić information content (AvgIpc) is 3.13. The molecule has 3 rings (SSSR count). The summed E-state index contributed by atoms with van der Waals surface area (Å²) in [6, 6.07) is -0.435. The number of allylic oxidation sites excluding steroid dienone is 1. The van der Waals surface area contributed by atoms with E-state index in [1.54, 1.807) is 6.08 Å². The molecule has 0 spiro atoms. The maximum atomic E-state index is 14.1. The first-order chi connectivity index (χ1) is 15.0. The Balaban J connectivity index is 2.18. The molecule has 0 saturated carbocycles. The molecule has 1 unspecified atom stereocenters. The lowest BCUT2D eigenvalue weighted by molar-refractivity contribution is -0.133. The first-order valence-corrected chi connectivity index (χ1v) is 14.3. The number of carbonyl (C=O) groups is 2. The largest absolute Gasteiger partial charge is 0.475 e. The summed E-state index contributed by atoms with van der Waals surface area (Å²) in [5.41, 5.74) is -1.40. The van der Waals surface area contributed by atoms with Gasteiger partial charge in [-0.3, -0.25) is 9.59 Å². The molecule has 0 bridgehead atoms. The molecule has 0 saturated heterocycles. The Hall–Kier alpha value is -2.03. The molecule has 1 heterocycles. The van der Waals surface area contributed by atoms with Gasteiger partial charge in [0.1, 0.15) is 5.56 Å². The van der Waals surface area contributed by atoms with Gasteiger partial charge in [0.2, 0.25) is 5.78 Å². The van der Waals surface area contributed by atoms with Gasteiger partial charge in [-0.25, -0.2) is 0 Å². The van der Waals surface area contributed by atoms with Crippen molar-refractivity contribution < 1.29 is 23.3 Å². The minimum absolute atomic E-state index is 0.142. The van der Waals surface area contributed by atoms with Gasteiger partial charge in [0.25, 0.3) is 5.88 Å². The lowest BCUT2D eigenvalue weighted by Gasteiger charge is -2.50. The number of hydrogen-bond donors (Lipinski definition) is 1. The average molecular weight is 461 g/mol. The lowest BCUT2D eigenvalue weighted by Crippen LogP contribution is -2.65. The van der Waals surface area contributed by atoms with Crippen molar-refractivity contribution in [3.63, 3.8) is 0 Å². The summed E-state index contributed by atoms with van der Waals surface area (Å²) in [6.45, 7) is 17.2. The summed E-state index contributed by atoms with van der Waals surface area (Å²) in [5.74, 6) is -0.624. The molecule has 176 valence electrons. The molecular weight excluding hydrogens is 424 g/mol. The van der Waals surface area contributed by atoms with Crippen LogP contribution in [0.5, 0.6) is 5.88 Å². The number of carbonyl (C=O) groups excluding carboxylic acids is 2. The van der Waals surface area contributed by atoms with Crippen molar-refractivity contribution in [2.24, 2.45) is 5.92 Å². The first-order valence-electron chi connectivity index (χ1n) is 11.4. The Morgan fingerprint density at radius 3 is 2.72 bits per heavy atom. The Bertz CT molecular complexity index is 914. The lowest BCUT2D eigenvalue weighted by atomic mass is 9.65. The molecule has 3 atom stereocenters. The topological polar surface area (TPSA) is 90.7 Å². The predicted octanol–water partition coefficient (Wildman–Crippen LogP) is 4.77. The van der Waals surface area contributed by atoms with Gasteiger partial charge in [0.05, 0.1) is 12.6 Å².